The van der Waals surface area contributed by atoms with E-state index >= 15 is 0 Å². The summed E-state index contributed by atoms with van der Waals surface area (Å²) in [4.78, 5) is 44.9. The van der Waals surface area contributed by atoms with Crippen LogP contribution in [0.1, 0.15) is 20.3 Å². The fourth-order valence-corrected chi connectivity index (χ4v) is 1.53. The Kier molecular flexibility index (Phi) is 7.07. The molecule has 1 heterocycles. The summed E-state index contributed by atoms with van der Waals surface area (Å²) in [5.74, 6) is -2.91. The van der Waals surface area contributed by atoms with Crippen LogP contribution >= 0.6 is 0 Å². The van der Waals surface area contributed by atoms with Crippen molar-refractivity contribution in [1.29, 1.82) is 0 Å². The Morgan fingerprint density at radius 3 is 2.36 bits per heavy atom. The molecule has 0 saturated carbocycles. The highest BCUT2D eigenvalue weighted by atomic mass is 16.7. The standard InChI is InChI=1S/C14H19NO7/c1-9(2)14(19)22-8-21-12(17)4-3-11(16)20-7-10-5-6-15-13(10)18/h3-4,9-10H,5-8H2,1-2H3,(H,15,18)/b4-3+. The molecule has 22 heavy (non-hydrogen) atoms. The molecular formula is C14H19NO7. The van der Waals surface area contributed by atoms with E-state index in [2.05, 4.69) is 14.8 Å². The fourth-order valence-electron chi connectivity index (χ4n) is 1.53. The van der Waals surface area contributed by atoms with Gasteiger partial charge in [0.2, 0.25) is 12.7 Å². The third kappa shape index (κ3) is 6.38. The molecule has 0 radical (unpaired) electrons. The van der Waals surface area contributed by atoms with Gasteiger partial charge in [-0.05, 0) is 6.42 Å². The highest BCUT2D eigenvalue weighted by Crippen LogP contribution is 2.09. The van der Waals surface area contributed by atoms with Gasteiger partial charge in [-0.1, -0.05) is 13.8 Å². The third-order valence-corrected chi connectivity index (χ3v) is 2.82. The summed E-state index contributed by atoms with van der Waals surface area (Å²) in [6.45, 7) is 3.31. The van der Waals surface area contributed by atoms with E-state index in [1.807, 2.05) is 0 Å². The van der Waals surface area contributed by atoms with Gasteiger partial charge in [0.05, 0.1) is 11.8 Å². The first-order chi connectivity index (χ1) is 10.4. The molecule has 1 amide bonds. The number of carbonyl (C=O) groups is 4. The second-order valence-corrected chi connectivity index (χ2v) is 4.94. The molecule has 8 nitrogen and oxygen atoms in total. The number of esters is 3. The van der Waals surface area contributed by atoms with Crippen molar-refractivity contribution in [2.24, 2.45) is 11.8 Å². The van der Waals surface area contributed by atoms with Gasteiger partial charge in [-0.3, -0.25) is 9.59 Å². The molecule has 0 aromatic heterocycles. The summed E-state index contributed by atoms with van der Waals surface area (Å²) >= 11 is 0. The summed E-state index contributed by atoms with van der Waals surface area (Å²) in [7, 11) is 0. The van der Waals surface area contributed by atoms with Gasteiger partial charge >= 0.3 is 17.9 Å². The Morgan fingerprint density at radius 1 is 1.18 bits per heavy atom. The van der Waals surface area contributed by atoms with Crippen molar-refractivity contribution in [3.05, 3.63) is 12.2 Å². The van der Waals surface area contributed by atoms with Crippen molar-refractivity contribution in [1.82, 2.24) is 5.32 Å². The van der Waals surface area contributed by atoms with E-state index in [1.54, 1.807) is 13.8 Å². The number of hydrogen-bond donors (Lipinski definition) is 1. The normalized spacial score (nSPS) is 17.4. The molecule has 1 atom stereocenters. The van der Waals surface area contributed by atoms with Gasteiger partial charge in [-0.15, -0.1) is 0 Å². The average molecular weight is 313 g/mol. The van der Waals surface area contributed by atoms with Crippen molar-refractivity contribution < 1.29 is 33.4 Å². The minimum Gasteiger partial charge on any atom is -0.462 e. The molecule has 0 aromatic rings. The average Bonchev–Trinajstić information content (AvgIpc) is 2.88. The van der Waals surface area contributed by atoms with Crippen LogP contribution in [0.4, 0.5) is 0 Å². The Morgan fingerprint density at radius 2 is 1.82 bits per heavy atom. The van der Waals surface area contributed by atoms with Crippen molar-refractivity contribution in [3.8, 4) is 0 Å². The van der Waals surface area contributed by atoms with Gasteiger partial charge in [0, 0.05) is 18.7 Å². The first-order valence-electron chi connectivity index (χ1n) is 6.86. The van der Waals surface area contributed by atoms with Crippen LogP contribution in [0.25, 0.3) is 0 Å². The lowest BCUT2D eigenvalue weighted by Gasteiger charge is -2.07. The van der Waals surface area contributed by atoms with Gasteiger partial charge in [0.15, 0.2) is 0 Å². The number of ether oxygens (including phenoxy) is 3. The molecule has 1 fully saturated rings. The van der Waals surface area contributed by atoms with E-state index in [9.17, 15) is 19.2 Å². The summed E-state index contributed by atoms with van der Waals surface area (Å²) in [6.07, 6.45) is 2.36. The predicted octanol–water partition coefficient (Wildman–Crippen LogP) is -0.0782. The molecule has 1 saturated heterocycles. The monoisotopic (exact) mass is 313 g/mol. The largest absolute Gasteiger partial charge is 0.462 e. The number of amides is 1. The molecule has 122 valence electrons. The van der Waals surface area contributed by atoms with Crippen molar-refractivity contribution in [3.63, 3.8) is 0 Å². The summed E-state index contributed by atoms with van der Waals surface area (Å²) in [5.41, 5.74) is 0. The van der Waals surface area contributed by atoms with Crippen LogP contribution in [0, 0.1) is 11.8 Å². The predicted molar refractivity (Wildman–Crippen MR) is 73.1 cm³/mol. The molecular weight excluding hydrogens is 294 g/mol. The third-order valence-electron chi connectivity index (χ3n) is 2.82. The van der Waals surface area contributed by atoms with Crippen molar-refractivity contribution in [2.75, 3.05) is 19.9 Å². The minimum absolute atomic E-state index is 0.0317. The highest BCUT2D eigenvalue weighted by Gasteiger charge is 2.25. The van der Waals surface area contributed by atoms with Gasteiger partial charge in [0.25, 0.3) is 0 Å². The summed E-state index contributed by atoms with van der Waals surface area (Å²) in [6, 6.07) is 0. The number of rotatable bonds is 7. The number of nitrogens with one attached hydrogen (secondary N) is 1. The van der Waals surface area contributed by atoms with Crippen LogP contribution in [-0.4, -0.2) is 43.8 Å². The van der Waals surface area contributed by atoms with Gasteiger partial charge in [-0.25, -0.2) is 9.59 Å². The van der Waals surface area contributed by atoms with E-state index in [-0.39, 0.29) is 24.3 Å². The maximum Gasteiger partial charge on any atom is 0.333 e. The summed E-state index contributed by atoms with van der Waals surface area (Å²) in [5, 5.41) is 2.62. The zero-order valence-corrected chi connectivity index (χ0v) is 12.5. The molecule has 1 N–H and O–H groups in total. The second-order valence-electron chi connectivity index (χ2n) is 4.94. The Bertz CT molecular complexity index is 470. The first kappa shape index (κ1) is 17.7. The van der Waals surface area contributed by atoms with Crippen LogP contribution in [-0.2, 0) is 33.4 Å². The zero-order valence-electron chi connectivity index (χ0n) is 12.5. The molecule has 0 spiro atoms. The molecule has 0 bridgehead atoms. The molecule has 8 heteroatoms. The maximum absolute atomic E-state index is 11.3. The number of hydrogen-bond acceptors (Lipinski definition) is 7. The van der Waals surface area contributed by atoms with Gasteiger partial charge in [0.1, 0.15) is 6.61 Å². The van der Waals surface area contributed by atoms with Crippen LogP contribution < -0.4 is 5.32 Å². The SMILES string of the molecule is CC(C)C(=O)OCOC(=O)/C=C/C(=O)OCC1CCNC1=O. The van der Waals surface area contributed by atoms with E-state index in [1.165, 1.54) is 0 Å². The lowest BCUT2D eigenvalue weighted by atomic mass is 10.1. The quantitative estimate of drug-likeness (QED) is 0.398. The highest BCUT2D eigenvalue weighted by molar-refractivity contribution is 5.91. The molecule has 1 rings (SSSR count). The van der Waals surface area contributed by atoms with E-state index in [0.29, 0.717) is 13.0 Å². The summed E-state index contributed by atoms with van der Waals surface area (Å²) < 4.78 is 14.0. The Balaban J connectivity index is 2.19. The van der Waals surface area contributed by atoms with Gasteiger partial charge < -0.3 is 19.5 Å². The second kappa shape index (κ2) is 8.81. The topological polar surface area (TPSA) is 108 Å². The minimum atomic E-state index is -0.841. The van der Waals surface area contributed by atoms with Crippen molar-refractivity contribution >= 4 is 23.8 Å². The Hall–Kier alpha value is -2.38. The lowest BCUT2D eigenvalue weighted by Crippen LogP contribution is -2.23. The smallest absolute Gasteiger partial charge is 0.333 e. The van der Waals surface area contributed by atoms with Gasteiger partial charge in [-0.2, -0.15) is 0 Å². The van der Waals surface area contributed by atoms with Crippen LogP contribution in [0.3, 0.4) is 0 Å². The molecule has 1 aliphatic rings. The van der Waals surface area contributed by atoms with E-state index in [4.69, 9.17) is 4.74 Å². The molecule has 0 aromatic carbocycles. The van der Waals surface area contributed by atoms with E-state index in [0.717, 1.165) is 12.2 Å². The first-order valence-corrected chi connectivity index (χ1v) is 6.86. The molecule has 1 unspecified atom stereocenters. The van der Waals surface area contributed by atoms with Crippen LogP contribution in [0.2, 0.25) is 0 Å². The number of carbonyl (C=O) groups excluding carboxylic acids is 4. The van der Waals surface area contributed by atoms with Crippen LogP contribution in [0.15, 0.2) is 12.2 Å². The lowest BCUT2D eigenvalue weighted by molar-refractivity contribution is -0.166. The van der Waals surface area contributed by atoms with E-state index < -0.39 is 24.7 Å². The fraction of sp³-hybridized carbons (Fsp3) is 0.571. The molecule has 1 aliphatic heterocycles. The zero-order chi connectivity index (χ0) is 16.5. The van der Waals surface area contributed by atoms with Crippen LogP contribution in [0.5, 0.6) is 0 Å². The maximum atomic E-state index is 11.3. The Labute approximate surface area is 127 Å². The molecule has 0 aliphatic carbocycles. The van der Waals surface area contributed by atoms with Crippen molar-refractivity contribution in [2.45, 2.75) is 20.3 Å².